The number of nitrogen functional groups attached to an aromatic ring is 1. The third kappa shape index (κ3) is 1.88. The highest BCUT2D eigenvalue weighted by atomic mass is 32.1. The molecule has 0 saturated carbocycles. The van der Waals surface area contributed by atoms with Crippen LogP contribution in [0.15, 0.2) is 18.2 Å². The second-order valence-corrected chi connectivity index (χ2v) is 5.54. The van der Waals surface area contributed by atoms with E-state index >= 15 is 0 Å². The van der Waals surface area contributed by atoms with Crippen molar-refractivity contribution in [3.8, 4) is 0 Å². The summed E-state index contributed by atoms with van der Waals surface area (Å²) in [6.07, 6.45) is 2.61. The van der Waals surface area contributed by atoms with Crippen molar-refractivity contribution in [3.63, 3.8) is 0 Å². The van der Waals surface area contributed by atoms with Gasteiger partial charge < -0.3 is 5.73 Å². The largest absolute Gasteiger partial charge is 0.375 e. The molecule has 2 aromatic rings. The van der Waals surface area contributed by atoms with Crippen molar-refractivity contribution in [3.05, 3.63) is 46.0 Å². The maximum Gasteiger partial charge on any atom is 0.180 e. The Bertz CT molecular complexity index is 595. The summed E-state index contributed by atoms with van der Waals surface area (Å²) in [6.45, 7) is 0. The first kappa shape index (κ1) is 11.6. The van der Waals surface area contributed by atoms with Gasteiger partial charge in [-0.1, -0.05) is 0 Å². The van der Waals surface area contributed by atoms with Crippen LogP contribution < -0.4 is 5.73 Å². The molecule has 5 heteroatoms. The van der Waals surface area contributed by atoms with E-state index in [1.807, 2.05) is 0 Å². The maximum absolute atomic E-state index is 13.8. The predicted molar refractivity (Wildman–Crippen MR) is 67.7 cm³/mol. The van der Waals surface area contributed by atoms with Gasteiger partial charge in [0.2, 0.25) is 0 Å². The van der Waals surface area contributed by atoms with Crippen LogP contribution in [0, 0.1) is 11.6 Å². The van der Waals surface area contributed by atoms with Crippen molar-refractivity contribution in [1.29, 1.82) is 0 Å². The number of aryl methyl sites for hydroxylation is 1. The summed E-state index contributed by atoms with van der Waals surface area (Å²) in [5, 5.41) is 0.503. The van der Waals surface area contributed by atoms with E-state index in [2.05, 4.69) is 4.98 Å². The fourth-order valence-corrected chi connectivity index (χ4v) is 3.55. The third-order valence-electron chi connectivity index (χ3n) is 3.30. The monoisotopic (exact) mass is 266 g/mol. The van der Waals surface area contributed by atoms with Crippen LogP contribution in [0.4, 0.5) is 13.9 Å². The Morgan fingerprint density at radius 1 is 1.33 bits per heavy atom. The van der Waals surface area contributed by atoms with Crippen LogP contribution in [0.5, 0.6) is 0 Å². The van der Waals surface area contributed by atoms with E-state index in [1.165, 1.54) is 23.5 Å². The van der Waals surface area contributed by atoms with Crippen molar-refractivity contribution >= 4 is 16.5 Å². The molecule has 2 N–H and O–H groups in total. The lowest BCUT2D eigenvalue weighted by Gasteiger charge is -2.22. The topological polar surface area (TPSA) is 38.9 Å². The molecule has 0 amide bonds. The highest BCUT2D eigenvalue weighted by Gasteiger charge is 2.27. The zero-order valence-electron chi connectivity index (χ0n) is 9.62. The molecule has 0 aliphatic heterocycles. The second kappa shape index (κ2) is 4.31. The van der Waals surface area contributed by atoms with Crippen molar-refractivity contribution in [2.75, 3.05) is 5.73 Å². The van der Waals surface area contributed by atoms with Gasteiger partial charge in [-0.05, 0) is 43.0 Å². The molecule has 1 aromatic carbocycles. The van der Waals surface area contributed by atoms with Crippen LogP contribution in [-0.2, 0) is 6.42 Å². The molecular formula is C13H12F2N2S. The van der Waals surface area contributed by atoms with Gasteiger partial charge in [-0.2, -0.15) is 0 Å². The fourth-order valence-electron chi connectivity index (χ4n) is 2.52. The second-order valence-electron chi connectivity index (χ2n) is 4.47. The van der Waals surface area contributed by atoms with Crippen LogP contribution in [0.2, 0.25) is 0 Å². The van der Waals surface area contributed by atoms with E-state index in [-0.39, 0.29) is 11.7 Å². The van der Waals surface area contributed by atoms with Crippen molar-refractivity contribution < 1.29 is 8.78 Å². The summed E-state index contributed by atoms with van der Waals surface area (Å²) < 4.78 is 27.1. The number of hydrogen-bond donors (Lipinski definition) is 1. The van der Waals surface area contributed by atoms with E-state index in [0.29, 0.717) is 10.7 Å². The zero-order valence-corrected chi connectivity index (χ0v) is 10.4. The number of anilines is 1. The lowest BCUT2D eigenvalue weighted by Crippen LogP contribution is -2.10. The first-order valence-corrected chi connectivity index (χ1v) is 6.67. The van der Waals surface area contributed by atoms with Gasteiger partial charge in [-0.3, -0.25) is 0 Å². The third-order valence-corrected chi connectivity index (χ3v) is 4.34. The molecule has 1 aromatic heterocycles. The van der Waals surface area contributed by atoms with Crippen molar-refractivity contribution in [2.24, 2.45) is 0 Å². The number of aromatic nitrogens is 1. The lowest BCUT2D eigenvalue weighted by atomic mass is 9.86. The predicted octanol–water partition coefficient (Wildman–Crippen LogP) is 3.47. The van der Waals surface area contributed by atoms with Crippen LogP contribution >= 0.6 is 11.3 Å². The lowest BCUT2D eigenvalue weighted by molar-refractivity contribution is 0.547. The normalized spacial score (nSPS) is 18.7. The molecule has 18 heavy (non-hydrogen) atoms. The molecule has 94 valence electrons. The summed E-state index contributed by atoms with van der Waals surface area (Å²) >= 11 is 1.39. The average Bonchev–Trinajstić information content (AvgIpc) is 2.72. The highest BCUT2D eigenvalue weighted by molar-refractivity contribution is 7.15. The zero-order chi connectivity index (χ0) is 12.7. The molecule has 0 radical (unpaired) electrons. The quantitative estimate of drug-likeness (QED) is 0.858. The minimum Gasteiger partial charge on any atom is -0.375 e. The fraction of sp³-hybridized carbons (Fsp3) is 0.308. The number of rotatable bonds is 1. The van der Waals surface area contributed by atoms with E-state index in [1.54, 1.807) is 0 Å². The number of benzene rings is 1. The summed E-state index contributed by atoms with van der Waals surface area (Å²) in [6, 6.07) is 3.61. The molecule has 0 fully saturated rings. The van der Waals surface area contributed by atoms with Gasteiger partial charge in [0.15, 0.2) is 5.13 Å². The molecular weight excluding hydrogens is 254 g/mol. The number of fused-ring (bicyclic) bond motifs is 1. The van der Waals surface area contributed by atoms with Gasteiger partial charge >= 0.3 is 0 Å². The smallest absolute Gasteiger partial charge is 0.180 e. The molecule has 1 atom stereocenters. The van der Waals surface area contributed by atoms with Crippen LogP contribution in [-0.4, -0.2) is 4.98 Å². The SMILES string of the molecule is Nc1nc2c(s1)C(c1cc(F)ccc1F)CCC2. The summed E-state index contributed by atoms with van der Waals surface area (Å²) in [5.74, 6) is -0.878. The molecule has 1 aliphatic rings. The van der Waals surface area contributed by atoms with Crippen molar-refractivity contribution in [1.82, 2.24) is 4.98 Å². The van der Waals surface area contributed by atoms with Crippen LogP contribution in [0.25, 0.3) is 0 Å². The van der Waals surface area contributed by atoms with Gasteiger partial charge in [-0.25, -0.2) is 13.8 Å². The minimum atomic E-state index is -0.406. The standard InChI is InChI=1S/C13H12F2N2S/c14-7-4-5-10(15)9(6-7)8-2-1-3-11-12(8)18-13(16)17-11/h4-6,8H,1-3H2,(H2,16,17). The number of nitrogens with zero attached hydrogens (tertiary/aromatic N) is 1. The molecule has 2 nitrogen and oxygen atoms in total. The molecule has 1 heterocycles. The van der Waals surface area contributed by atoms with Crippen LogP contribution in [0.1, 0.15) is 34.9 Å². The number of nitrogens with two attached hydrogens (primary N) is 1. The molecule has 0 bridgehead atoms. The Hall–Kier alpha value is -1.49. The van der Waals surface area contributed by atoms with Crippen LogP contribution in [0.3, 0.4) is 0 Å². The molecule has 1 unspecified atom stereocenters. The minimum absolute atomic E-state index is 0.112. The van der Waals surface area contributed by atoms with E-state index in [4.69, 9.17) is 5.73 Å². The first-order chi connectivity index (χ1) is 8.65. The Morgan fingerprint density at radius 3 is 3.00 bits per heavy atom. The van der Waals surface area contributed by atoms with E-state index in [9.17, 15) is 8.78 Å². The number of thiazole rings is 1. The van der Waals surface area contributed by atoms with E-state index in [0.717, 1.165) is 35.9 Å². The first-order valence-electron chi connectivity index (χ1n) is 5.85. The summed E-state index contributed by atoms with van der Waals surface area (Å²) in [5.41, 5.74) is 7.06. The summed E-state index contributed by atoms with van der Waals surface area (Å²) in [4.78, 5) is 5.25. The molecule has 0 spiro atoms. The molecule has 0 saturated heterocycles. The Balaban J connectivity index is 2.10. The Labute approximate surface area is 107 Å². The summed E-state index contributed by atoms with van der Waals surface area (Å²) in [7, 11) is 0. The maximum atomic E-state index is 13.8. The van der Waals surface area contributed by atoms with Gasteiger partial charge in [0.25, 0.3) is 0 Å². The highest BCUT2D eigenvalue weighted by Crippen LogP contribution is 2.41. The van der Waals surface area contributed by atoms with Gasteiger partial charge in [0.05, 0.1) is 5.69 Å². The number of hydrogen-bond acceptors (Lipinski definition) is 3. The molecule has 3 rings (SSSR count). The van der Waals surface area contributed by atoms with Gasteiger partial charge in [-0.15, -0.1) is 11.3 Å². The Kier molecular flexibility index (Phi) is 2.78. The van der Waals surface area contributed by atoms with Gasteiger partial charge in [0.1, 0.15) is 11.6 Å². The molecule has 1 aliphatic carbocycles. The average molecular weight is 266 g/mol. The van der Waals surface area contributed by atoms with E-state index < -0.39 is 5.82 Å². The Morgan fingerprint density at radius 2 is 2.17 bits per heavy atom. The number of halogens is 2. The van der Waals surface area contributed by atoms with Gasteiger partial charge in [0, 0.05) is 10.8 Å². The van der Waals surface area contributed by atoms with Crippen molar-refractivity contribution in [2.45, 2.75) is 25.2 Å².